The number of carbonyl (C=O) groups is 4. The lowest BCUT2D eigenvalue weighted by Crippen LogP contribution is -2.63. The number of rotatable bonds is 1. The fraction of sp³-hybridized carbons (Fsp3) is 0.862. The molecule has 0 aromatic carbocycles. The van der Waals surface area contributed by atoms with E-state index in [-0.39, 0.29) is 30.8 Å². The number of aliphatic hydroxyl groups excluding tert-OH is 2. The van der Waals surface area contributed by atoms with E-state index in [0.717, 1.165) is 0 Å². The van der Waals surface area contributed by atoms with Gasteiger partial charge in [0.15, 0.2) is 5.78 Å². The number of fused-ring (bicyclic) bond motifs is 2. The first-order valence-electron chi connectivity index (χ1n) is 14.6. The zero-order chi connectivity index (χ0) is 28.4. The van der Waals surface area contributed by atoms with Crippen molar-refractivity contribution in [3.05, 3.63) is 0 Å². The van der Waals surface area contributed by atoms with Crippen molar-refractivity contribution in [3.8, 4) is 0 Å². The van der Waals surface area contributed by atoms with Gasteiger partial charge in [-0.2, -0.15) is 0 Å². The van der Waals surface area contributed by atoms with Gasteiger partial charge in [-0.1, -0.05) is 13.8 Å². The molecule has 0 aromatic rings. The van der Waals surface area contributed by atoms with E-state index in [4.69, 9.17) is 23.7 Å². The first kappa shape index (κ1) is 25.8. The predicted octanol–water partition coefficient (Wildman–Crippen LogP) is 0.455. The molecule has 6 saturated heterocycles. The van der Waals surface area contributed by atoms with Gasteiger partial charge in [0, 0.05) is 29.6 Å². The van der Waals surface area contributed by atoms with Gasteiger partial charge in [-0.15, -0.1) is 0 Å². The van der Waals surface area contributed by atoms with Crippen molar-refractivity contribution in [2.24, 2.45) is 40.9 Å². The van der Waals surface area contributed by atoms with Crippen LogP contribution in [0, 0.1) is 40.9 Å². The van der Waals surface area contributed by atoms with Crippen LogP contribution in [0.15, 0.2) is 0 Å². The molecule has 8 aliphatic rings. The van der Waals surface area contributed by atoms with Crippen LogP contribution < -0.4 is 0 Å². The maximum atomic E-state index is 14.8. The first-order chi connectivity index (χ1) is 18.8. The molecule has 0 unspecified atom stereocenters. The number of ether oxygens (including phenoxy) is 5. The number of aliphatic hydroxyl groups is 2. The Morgan fingerprint density at radius 2 is 1.70 bits per heavy atom. The number of ketones is 2. The van der Waals surface area contributed by atoms with E-state index in [0.29, 0.717) is 12.8 Å². The van der Waals surface area contributed by atoms with E-state index in [9.17, 15) is 29.4 Å². The smallest absolute Gasteiger partial charge is 0.311 e. The van der Waals surface area contributed by atoms with Crippen LogP contribution in [0.5, 0.6) is 0 Å². The molecule has 0 radical (unpaired) electrons. The average molecular weight is 561 g/mol. The second-order valence-electron chi connectivity index (χ2n) is 14.3. The third kappa shape index (κ3) is 2.58. The van der Waals surface area contributed by atoms with E-state index >= 15 is 0 Å². The Hall–Kier alpha value is -1.92. The molecule has 2 N–H and O–H groups in total. The summed E-state index contributed by atoms with van der Waals surface area (Å²) < 4.78 is 31.8. The third-order valence-corrected chi connectivity index (χ3v) is 12.4. The van der Waals surface area contributed by atoms with E-state index in [1.165, 1.54) is 0 Å². The Labute approximate surface area is 231 Å². The first-order valence-corrected chi connectivity index (χ1v) is 14.6. The van der Waals surface area contributed by atoms with Gasteiger partial charge in [-0.25, -0.2) is 0 Å². The molecule has 3 spiro atoms. The molecule has 8 fully saturated rings. The van der Waals surface area contributed by atoms with E-state index in [1.54, 1.807) is 13.8 Å². The summed E-state index contributed by atoms with van der Waals surface area (Å²) >= 11 is 0. The molecular weight excluding hydrogens is 524 g/mol. The normalized spacial score (nSPS) is 61.1. The maximum absolute atomic E-state index is 14.8. The second kappa shape index (κ2) is 7.34. The molecule has 40 heavy (non-hydrogen) atoms. The molecule has 6 heterocycles. The monoisotopic (exact) mass is 560 g/mol. The SMILES string of the molecule is C[C@@H]1C(=O)O[C@H]2[C@@H]1O[C@]13O[C@@]4(CC[C@]5(C)C(=O)[C@@H](C)[C@H]2[C@H]15)C[C@]12OC(=O)C[C@H]1O[C@@](C)(CO)[C@@H]2[C@@H](O)C[C@H]4C3=O. The lowest BCUT2D eigenvalue weighted by Gasteiger charge is -2.50. The number of carbonyl (C=O) groups excluding carboxylic acids is 4. The van der Waals surface area contributed by atoms with Crippen LogP contribution in [0.4, 0.5) is 0 Å². The van der Waals surface area contributed by atoms with Crippen molar-refractivity contribution in [1.82, 2.24) is 0 Å². The van der Waals surface area contributed by atoms with Crippen molar-refractivity contribution in [1.29, 1.82) is 0 Å². The Bertz CT molecular complexity index is 1270. The number of hydrogen-bond acceptors (Lipinski definition) is 11. The summed E-state index contributed by atoms with van der Waals surface area (Å²) in [5.74, 6) is -6.82. The molecule has 11 heteroatoms. The largest absolute Gasteiger partial charge is 0.459 e. The highest BCUT2D eigenvalue weighted by atomic mass is 16.7. The van der Waals surface area contributed by atoms with Crippen molar-refractivity contribution in [2.45, 2.75) is 107 Å². The van der Waals surface area contributed by atoms with Crippen molar-refractivity contribution >= 4 is 23.5 Å². The van der Waals surface area contributed by atoms with Gasteiger partial charge < -0.3 is 33.9 Å². The molecule has 15 atom stereocenters. The Morgan fingerprint density at radius 3 is 2.42 bits per heavy atom. The predicted molar refractivity (Wildman–Crippen MR) is 130 cm³/mol. The van der Waals surface area contributed by atoms with Crippen LogP contribution >= 0.6 is 0 Å². The van der Waals surface area contributed by atoms with Gasteiger partial charge in [-0.05, 0) is 33.1 Å². The highest BCUT2D eigenvalue weighted by molar-refractivity contribution is 5.97. The zero-order valence-corrected chi connectivity index (χ0v) is 23.1. The van der Waals surface area contributed by atoms with Crippen LogP contribution in [0.3, 0.4) is 0 Å². The van der Waals surface area contributed by atoms with Crippen LogP contribution in [0.2, 0.25) is 0 Å². The summed E-state index contributed by atoms with van der Waals surface area (Å²) in [4.78, 5) is 54.2. The molecule has 6 aliphatic heterocycles. The summed E-state index contributed by atoms with van der Waals surface area (Å²) in [5.41, 5.74) is -4.67. The molecule has 2 bridgehead atoms. The number of hydrogen-bond donors (Lipinski definition) is 2. The minimum atomic E-state index is -1.80. The van der Waals surface area contributed by atoms with Gasteiger partial charge >= 0.3 is 11.9 Å². The molecule has 218 valence electrons. The Morgan fingerprint density at radius 1 is 0.950 bits per heavy atom. The van der Waals surface area contributed by atoms with Gasteiger partial charge in [0.1, 0.15) is 29.7 Å². The van der Waals surface area contributed by atoms with Crippen molar-refractivity contribution in [3.63, 3.8) is 0 Å². The molecule has 2 saturated carbocycles. The molecule has 0 aromatic heterocycles. The maximum Gasteiger partial charge on any atom is 0.311 e. The second-order valence-corrected chi connectivity index (χ2v) is 14.3. The number of esters is 2. The minimum Gasteiger partial charge on any atom is -0.459 e. The Kier molecular flexibility index (Phi) is 4.73. The quantitative estimate of drug-likeness (QED) is 0.430. The van der Waals surface area contributed by atoms with Gasteiger partial charge in [-0.3, -0.25) is 19.2 Å². The fourth-order valence-electron chi connectivity index (χ4n) is 10.9. The molecule has 0 amide bonds. The van der Waals surface area contributed by atoms with Crippen molar-refractivity contribution < 1.29 is 53.1 Å². The van der Waals surface area contributed by atoms with Crippen LogP contribution in [0.25, 0.3) is 0 Å². The average Bonchev–Trinajstić information content (AvgIpc) is 3.50. The molecular formula is C29H36O11. The van der Waals surface area contributed by atoms with Gasteiger partial charge in [0.05, 0.1) is 48.1 Å². The summed E-state index contributed by atoms with van der Waals surface area (Å²) in [6.07, 6.45) is -2.51. The molecule has 11 nitrogen and oxygen atoms in total. The van der Waals surface area contributed by atoms with E-state index in [2.05, 4.69) is 0 Å². The Balaban J connectivity index is 1.31. The zero-order valence-electron chi connectivity index (χ0n) is 23.1. The minimum absolute atomic E-state index is 0.00514. The molecule has 2 aliphatic carbocycles. The topological polar surface area (TPSA) is 155 Å². The van der Waals surface area contributed by atoms with E-state index in [1.807, 2.05) is 13.8 Å². The van der Waals surface area contributed by atoms with Gasteiger partial charge in [0.25, 0.3) is 0 Å². The van der Waals surface area contributed by atoms with Crippen LogP contribution in [0.1, 0.15) is 59.8 Å². The van der Waals surface area contributed by atoms with Crippen molar-refractivity contribution in [2.75, 3.05) is 6.61 Å². The molecule has 8 rings (SSSR count). The lowest BCUT2D eigenvalue weighted by molar-refractivity contribution is -0.331. The van der Waals surface area contributed by atoms with E-state index < -0.39 is 106 Å². The lowest BCUT2D eigenvalue weighted by atomic mass is 9.61. The highest BCUT2D eigenvalue weighted by Crippen LogP contribution is 2.71. The van der Waals surface area contributed by atoms with Crippen LogP contribution in [-0.2, 0) is 42.9 Å². The number of Topliss-reactive ketones (excluding diaryl/α,β-unsaturated/α-hetero) is 2. The summed E-state index contributed by atoms with van der Waals surface area (Å²) in [6, 6.07) is 0. The summed E-state index contributed by atoms with van der Waals surface area (Å²) in [6.45, 7) is 6.72. The van der Waals surface area contributed by atoms with Gasteiger partial charge in [0.2, 0.25) is 5.79 Å². The highest BCUT2D eigenvalue weighted by Gasteiger charge is 2.83. The summed E-state index contributed by atoms with van der Waals surface area (Å²) in [7, 11) is 0. The van der Waals surface area contributed by atoms with Crippen LogP contribution in [-0.4, -0.2) is 87.3 Å². The third-order valence-electron chi connectivity index (χ3n) is 12.4. The summed E-state index contributed by atoms with van der Waals surface area (Å²) in [5, 5.41) is 22.1. The standard InChI is InChI=1S/C29H36O11/c1-11-17-19-18(12(2)24(35)36-19)39-29-21(17)25(3,22(11)33)5-6-27(40-29)9-28-15(8-16(32)38-28)37-26(4,10-30)20(28)14(31)7-13(27)23(29)34/h11-15,17-21,30-31H,5-10H2,1-4H3/t11-,12-,13-,14-,15+,17+,18+,19+,20-,21-,25-,26-,27-,28-,29-/m0/s1. The fourth-order valence-corrected chi connectivity index (χ4v) is 10.9.